The number of rotatable bonds is 2. The zero-order valence-corrected chi connectivity index (χ0v) is 13.1. The highest BCUT2D eigenvalue weighted by atomic mass is 32.2. The number of aryl methyl sites for hydroxylation is 3. The third-order valence-corrected chi connectivity index (χ3v) is 4.58. The van der Waals surface area contributed by atoms with Gasteiger partial charge in [-0.15, -0.1) is 0 Å². The van der Waals surface area contributed by atoms with E-state index >= 15 is 0 Å². The van der Waals surface area contributed by atoms with Crippen molar-refractivity contribution >= 4 is 28.5 Å². The van der Waals surface area contributed by atoms with Crippen molar-refractivity contribution in [1.29, 1.82) is 0 Å². The van der Waals surface area contributed by atoms with Crippen LogP contribution >= 0.6 is 11.8 Å². The summed E-state index contributed by atoms with van der Waals surface area (Å²) in [7, 11) is 0. The van der Waals surface area contributed by atoms with Gasteiger partial charge in [-0.3, -0.25) is 14.9 Å². The molecule has 0 aromatic heterocycles. The van der Waals surface area contributed by atoms with Gasteiger partial charge in [0.15, 0.2) is 0 Å². The molecule has 1 aromatic rings. The van der Waals surface area contributed by atoms with Gasteiger partial charge in [0.25, 0.3) is 0 Å². The van der Waals surface area contributed by atoms with Gasteiger partial charge < -0.3 is 5.32 Å². The van der Waals surface area contributed by atoms with Crippen LogP contribution in [0, 0.1) is 20.8 Å². The molecule has 108 valence electrons. The number of hydrogen-bond donors (Lipinski definition) is 2. The zero-order chi connectivity index (χ0) is 14.9. The maximum absolute atomic E-state index is 12.3. The predicted octanol–water partition coefficient (Wildman–Crippen LogP) is 2.17. The minimum Gasteiger partial charge on any atom is -0.324 e. The standard InChI is InChI=1S/C15H20N2O2S/c1-8-5-9(2)13(10(3)6-8)17-14(18)12-7-20-15(19)11(4)16-12/h5-6,11-12,16H,7H2,1-4H3,(H,17,18)/t11-,12+/m0/s1. The first-order valence-electron chi connectivity index (χ1n) is 6.70. The summed E-state index contributed by atoms with van der Waals surface area (Å²) in [6, 6.07) is 3.51. The Balaban J connectivity index is 2.11. The lowest BCUT2D eigenvalue weighted by atomic mass is 10.0. The summed E-state index contributed by atoms with van der Waals surface area (Å²) in [5, 5.41) is 6.13. The van der Waals surface area contributed by atoms with Crippen molar-refractivity contribution in [3.63, 3.8) is 0 Å². The smallest absolute Gasteiger partial charge is 0.242 e. The van der Waals surface area contributed by atoms with Gasteiger partial charge in [0, 0.05) is 11.4 Å². The number of amides is 1. The number of hydrogen-bond acceptors (Lipinski definition) is 4. The van der Waals surface area contributed by atoms with Crippen molar-refractivity contribution in [2.75, 3.05) is 11.1 Å². The van der Waals surface area contributed by atoms with Crippen molar-refractivity contribution in [3.8, 4) is 0 Å². The van der Waals surface area contributed by atoms with Gasteiger partial charge in [-0.2, -0.15) is 0 Å². The van der Waals surface area contributed by atoms with Gasteiger partial charge >= 0.3 is 0 Å². The molecule has 0 saturated carbocycles. The minimum absolute atomic E-state index is 0.0769. The third-order valence-electron chi connectivity index (χ3n) is 3.44. The fourth-order valence-corrected chi connectivity index (χ4v) is 3.34. The highest BCUT2D eigenvalue weighted by Crippen LogP contribution is 2.23. The van der Waals surface area contributed by atoms with Crippen LogP contribution in [0.15, 0.2) is 12.1 Å². The Morgan fingerprint density at radius 2 is 1.90 bits per heavy atom. The first-order valence-corrected chi connectivity index (χ1v) is 7.68. The van der Waals surface area contributed by atoms with Crippen LogP contribution in [0.5, 0.6) is 0 Å². The number of carbonyl (C=O) groups is 2. The molecule has 1 amide bonds. The molecule has 0 radical (unpaired) electrons. The molecule has 2 N–H and O–H groups in total. The van der Waals surface area contributed by atoms with Crippen LogP contribution in [-0.2, 0) is 9.59 Å². The second-order valence-corrected chi connectivity index (χ2v) is 6.36. The van der Waals surface area contributed by atoms with Crippen LogP contribution in [0.25, 0.3) is 0 Å². The molecule has 1 aliphatic rings. The molecule has 1 aliphatic heterocycles. The number of carbonyl (C=O) groups excluding carboxylic acids is 2. The molecule has 20 heavy (non-hydrogen) atoms. The van der Waals surface area contributed by atoms with E-state index in [1.54, 1.807) is 6.92 Å². The summed E-state index contributed by atoms with van der Waals surface area (Å²) in [6.45, 7) is 7.81. The fraction of sp³-hybridized carbons (Fsp3) is 0.467. The van der Waals surface area contributed by atoms with Crippen LogP contribution < -0.4 is 10.6 Å². The van der Waals surface area contributed by atoms with Crippen LogP contribution in [0.3, 0.4) is 0 Å². The van der Waals surface area contributed by atoms with Crippen LogP contribution in [0.1, 0.15) is 23.6 Å². The Bertz CT molecular complexity index is 534. The third kappa shape index (κ3) is 3.22. The minimum atomic E-state index is -0.326. The van der Waals surface area contributed by atoms with E-state index in [-0.39, 0.29) is 23.1 Å². The first kappa shape index (κ1) is 15.1. The molecule has 1 fully saturated rings. The average Bonchev–Trinajstić information content (AvgIpc) is 2.36. The fourth-order valence-electron chi connectivity index (χ4n) is 2.45. The van der Waals surface area contributed by atoms with E-state index < -0.39 is 0 Å². The highest BCUT2D eigenvalue weighted by molar-refractivity contribution is 8.13. The molecule has 1 heterocycles. The summed E-state index contributed by atoms with van der Waals surface area (Å²) >= 11 is 1.22. The molecule has 2 rings (SSSR count). The van der Waals surface area contributed by atoms with Gasteiger partial charge in [-0.05, 0) is 38.8 Å². The summed E-state index contributed by atoms with van der Waals surface area (Å²) < 4.78 is 0. The van der Waals surface area contributed by atoms with Crippen LogP contribution in [0.4, 0.5) is 5.69 Å². The lowest BCUT2D eigenvalue weighted by Crippen LogP contribution is -2.52. The number of thioether (sulfide) groups is 1. The van der Waals surface area contributed by atoms with Gasteiger partial charge in [-0.1, -0.05) is 29.5 Å². The molecular weight excluding hydrogens is 272 g/mol. The quantitative estimate of drug-likeness (QED) is 0.877. The van der Waals surface area contributed by atoms with Gasteiger partial charge in [0.2, 0.25) is 11.0 Å². The molecule has 5 heteroatoms. The molecule has 2 atom stereocenters. The van der Waals surface area contributed by atoms with E-state index in [1.807, 2.05) is 20.8 Å². The second-order valence-electron chi connectivity index (χ2n) is 5.33. The molecule has 0 aliphatic carbocycles. The predicted molar refractivity (Wildman–Crippen MR) is 83.1 cm³/mol. The number of nitrogens with one attached hydrogen (secondary N) is 2. The molecule has 1 saturated heterocycles. The largest absolute Gasteiger partial charge is 0.324 e. The molecule has 0 bridgehead atoms. The Labute approximate surface area is 123 Å². The van der Waals surface area contributed by atoms with Gasteiger partial charge in [0.05, 0.1) is 12.1 Å². The van der Waals surface area contributed by atoms with Crippen molar-refractivity contribution < 1.29 is 9.59 Å². The molecule has 4 nitrogen and oxygen atoms in total. The van der Waals surface area contributed by atoms with Crippen molar-refractivity contribution in [3.05, 3.63) is 28.8 Å². The summed E-state index contributed by atoms with van der Waals surface area (Å²) in [4.78, 5) is 23.7. The summed E-state index contributed by atoms with van der Waals surface area (Å²) in [5.74, 6) is 0.408. The topological polar surface area (TPSA) is 58.2 Å². The number of benzene rings is 1. The molecule has 0 unspecified atom stereocenters. The molecular formula is C15H20N2O2S. The van der Waals surface area contributed by atoms with Gasteiger partial charge in [-0.25, -0.2) is 0 Å². The van der Waals surface area contributed by atoms with E-state index in [0.717, 1.165) is 16.8 Å². The van der Waals surface area contributed by atoms with Crippen molar-refractivity contribution in [1.82, 2.24) is 5.32 Å². The van der Waals surface area contributed by atoms with E-state index in [2.05, 4.69) is 22.8 Å². The summed E-state index contributed by atoms with van der Waals surface area (Å²) in [5.41, 5.74) is 4.17. The molecule has 0 spiro atoms. The first-order chi connectivity index (χ1) is 9.38. The zero-order valence-electron chi connectivity index (χ0n) is 12.2. The van der Waals surface area contributed by atoms with Gasteiger partial charge in [0.1, 0.15) is 0 Å². The second kappa shape index (κ2) is 5.97. The Hall–Kier alpha value is -1.33. The average molecular weight is 292 g/mol. The Morgan fingerprint density at radius 1 is 1.30 bits per heavy atom. The molecule has 1 aromatic carbocycles. The highest BCUT2D eigenvalue weighted by Gasteiger charge is 2.30. The van der Waals surface area contributed by atoms with E-state index in [4.69, 9.17) is 0 Å². The van der Waals surface area contributed by atoms with Crippen molar-refractivity contribution in [2.45, 2.75) is 39.8 Å². The lowest BCUT2D eigenvalue weighted by Gasteiger charge is -2.26. The van der Waals surface area contributed by atoms with E-state index in [1.165, 1.54) is 17.3 Å². The number of anilines is 1. The van der Waals surface area contributed by atoms with Crippen LogP contribution in [-0.4, -0.2) is 28.9 Å². The van der Waals surface area contributed by atoms with E-state index in [9.17, 15) is 9.59 Å². The van der Waals surface area contributed by atoms with E-state index in [0.29, 0.717) is 5.75 Å². The van der Waals surface area contributed by atoms with Crippen LogP contribution in [0.2, 0.25) is 0 Å². The normalized spacial score (nSPS) is 22.7. The maximum Gasteiger partial charge on any atom is 0.242 e. The summed E-state index contributed by atoms with van der Waals surface area (Å²) in [6.07, 6.45) is 0. The Morgan fingerprint density at radius 3 is 2.45 bits per heavy atom. The SMILES string of the molecule is Cc1cc(C)c(NC(=O)[C@H]2CSC(=O)[C@H](C)N2)c(C)c1. The maximum atomic E-state index is 12.3. The monoisotopic (exact) mass is 292 g/mol. The lowest BCUT2D eigenvalue weighted by molar-refractivity contribution is -0.118. The Kier molecular flexibility index (Phi) is 4.50. The van der Waals surface area contributed by atoms with Crippen molar-refractivity contribution in [2.24, 2.45) is 0 Å².